The van der Waals surface area contributed by atoms with Crippen LogP contribution in [-0.2, 0) is 16.0 Å². The molecule has 0 atom stereocenters. The maximum absolute atomic E-state index is 11.8. The molecule has 0 saturated heterocycles. The number of aliphatic imine (C=N–C) groups is 1. The van der Waals surface area contributed by atoms with Crippen LogP contribution in [0.15, 0.2) is 39.6 Å². The van der Waals surface area contributed by atoms with Crippen molar-refractivity contribution < 1.29 is 13.9 Å². The van der Waals surface area contributed by atoms with Crippen molar-refractivity contribution in [1.29, 1.82) is 0 Å². The molecule has 3 heterocycles. The molecule has 0 amide bonds. The molecular weight excluding hydrogens is 274 g/mol. The number of carbonyl (C=O) groups is 1. The quantitative estimate of drug-likeness (QED) is 0.640. The van der Waals surface area contributed by atoms with E-state index in [9.17, 15) is 4.79 Å². The Balaban J connectivity index is 1.93. The lowest BCUT2D eigenvalue weighted by Crippen LogP contribution is -2.03. The molecule has 0 aliphatic carbocycles. The molecule has 0 saturated carbocycles. The maximum Gasteiger partial charge on any atom is 0.363 e. The molecular formula is C15H13NO3S. The van der Waals surface area contributed by atoms with E-state index >= 15 is 0 Å². The van der Waals surface area contributed by atoms with Crippen LogP contribution in [0, 0.1) is 6.92 Å². The van der Waals surface area contributed by atoms with E-state index < -0.39 is 5.97 Å². The molecule has 0 spiro atoms. The van der Waals surface area contributed by atoms with Crippen LogP contribution in [0.5, 0.6) is 0 Å². The van der Waals surface area contributed by atoms with Crippen molar-refractivity contribution in [3.8, 4) is 0 Å². The normalized spacial score (nSPS) is 16.6. The maximum atomic E-state index is 11.8. The number of aryl methyl sites for hydroxylation is 2. The van der Waals surface area contributed by atoms with Crippen molar-refractivity contribution in [2.24, 2.45) is 4.99 Å². The second kappa shape index (κ2) is 5.09. The zero-order valence-electron chi connectivity index (χ0n) is 11.2. The highest BCUT2D eigenvalue weighted by Crippen LogP contribution is 2.27. The van der Waals surface area contributed by atoms with Crippen molar-refractivity contribution >= 4 is 29.3 Å². The van der Waals surface area contributed by atoms with E-state index in [-0.39, 0.29) is 5.70 Å². The van der Waals surface area contributed by atoms with E-state index in [2.05, 4.69) is 18.8 Å². The van der Waals surface area contributed by atoms with Gasteiger partial charge in [0.05, 0.1) is 11.1 Å². The average Bonchev–Trinajstić information content (AvgIpc) is 3.12. The number of cyclic esters (lactones) is 1. The molecule has 0 unspecified atom stereocenters. The summed E-state index contributed by atoms with van der Waals surface area (Å²) in [6, 6.07) is 5.52. The zero-order chi connectivity index (χ0) is 14.1. The SMILES string of the molecule is CCc1sc(C2=N/C(=C/c3ccco3)C(=O)O2)cc1C. The molecule has 102 valence electrons. The summed E-state index contributed by atoms with van der Waals surface area (Å²) in [5.41, 5.74) is 1.47. The van der Waals surface area contributed by atoms with Gasteiger partial charge in [-0.2, -0.15) is 0 Å². The highest BCUT2D eigenvalue weighted by atomic mass is 32.1. The summed E-state index contributed by atoms with van der Waals surface area (Å²) >= 11 is 1.61. The molecule has 1 aliphatic rings. The Morgan fingerprint density at radius 3 is 2.95 bits per heavy atom. The van der Waals surface area contributed by atoms with Gasteiger partial charge in [0, 0.05) is 11.0 Å². The lowest BCUT2D eigenvalue weighted by molar-refractivity contribution is -0.129. The van der Waals surface area contributed by atoms with Gasteiger partial charge >= 0.3 is 5.97 Å². The minimum Gasteiger partial charge on any atom is -0.465 e. The predicted molar refractivity (Wildman–Crippen MR) is 77.7 cm³/mol. The van der Waals surface area contributed by atoms with Gasteiger partial charge in [-0.25, -0.2) is 9.79 Å². The van der Waals surface area contributed by atoms with Gasteiger partial charge in [0.1, 0.15) is 5.76 Å². The van der Waals surface area contributed by atoms with E-state index in [0.29, 0.717) is 11.7 Å². The Labute approximate surface area is 120 Å². The first-order valence-electron chi connectivity index (χ1n) is 6.33. The van der Waals surface area contributed by atoms with E-state index in [1.54, 1.807) is 35.8 Å². The summed E-state index contributed by atoms with van der Waals surface area (Å²) in [4.78, 5) is 18.2. The second-order valence-electron chi connectivity index (χ2n) is 4.42. The molecule has 20 heavy (non-hydrogen) atoms. The first kappa shape index (κ1) is 12.9. The number of nitrogens with zero attached hydrogens (tertiary/aromatic N) is 1. The minimum atomic E-state index is -0.444. The third-order valence-electron chi connectivity index (χ3n) is 3.00. The molecule has 2 aromatic rings. The molecule has 0 radical (unpaired) electrons. The fourth-order valence-electron chi connectivity index (χ4n) is 2.00. The van der Waals surface area contributed by atoms with Gasteiger partial charge in [-0.1, -0.05) is 6.92 Å². The van der Waals surface area contributed by atoms with Crippen LogP contribution in [0.1, 0.15) is 28.0 Å². The monoisotopic (exact) mass is 287 g/mol. The molecule has 3 rings (SSSR count). The zero-order valence-corrected chi connectivity index (χ0v) is 12.0. The first-order valence-corrected chi connectivity index (χ1v) is 7.14. The molecule has 0 bridgehead atoms. The van der Waals surface area contributed by atoms with E-state index in [1.165, 1.54) is 10.4 Å². The second-order valence-corrected chi connectivity index (χ2v) is 5.56. The highest BCUT2D eigenvalue weighted by molar-refractivity contribution is 7.14. The first-order chi connectivity index (χ1) is 9.67. The summed E-state index contributed by atoms with van der Waals surface area (Å²) < 4.78 is 10.4. The van der Waals surface area contributed by atoms with Crippen molar-refractivity contribution in [2.75, 3.05) is 0 Å². The van der Waals surface area contributed by atoms with Crippen molar-refractivity contribution in [2.45, 2.75) is 20.3 Å². The van der Waals surface area contributed by atoms with Crippen LogP contribution in [0.3, 0.4) is 0 Å². The van der Waals surface area contributed by atoms with Gasteiger partial charge in [0.25, 0.3) is 0 Å². The van der Waals surface area contributed by atoms with Crippen LogP contribution in [0.4, 0.5) is 0 Å². The fourth-order valence-corrected chi connectivity index (χ4v) is 3.04. The number of thiophene rings is 1. The molecule has 0 fully saturated rings. The Hall–Kier alpha value is -2.14. The number of rotatable bonds is 3. The molecule has 1 aliphatic heterocycles. The van der Waals surface area contributed by atoms with Crippen LogP contribution in [-0.4, -0.2) is 11.9 Å². The molecule has 0 aromatic carbocycles. The molecule has 2 aromatic heterocycles. The number of hydrogen-bond donors (Lipinski definition) is 0. The molecule has 4 nitrogen and oxygen atoms in total. The number of carbonyl (C=O) groups excluding carboxylic acids is 1. The Morgan fingerprint density at radius 1 is 1.45 bits per heavy atom. The fraction of sp³-hybridized carbons (Fsp3) is 0.200. The number of esters is 1. The van der Waals surface area contributed by atoms with Crippen molar-refractivity contribution in [1.82, 2.24) is 0 Å². The average molecular weight is 287 g/mol. The number of ether oxygens (including phenoxy) is 1. The van der Waals surface area contributed by atoms with E-state index in [0.717, 1.165) is 11.3 Å². The standard InChI is InChI=1S/C15H13NO3S/c1-3-12-9(2)7-13(20-12)14-16-11(15(17)19-14)8-10-5-4-6-18-10/h4-8H,3H2,1-2H3/b11-8+. The summed E-state index contributed by atoms with van der Waals surface area (Å²) in [5.74, 6) is 0.514. The Bertz CT molecular complexity index is 708. The smallest absolute Gasteiger partial charge is 0.363 e. The summed E-state index contributed by atoms with van der Waals surface area (Å²) in [5, 5.41) is 0. The van der Waals surface area contributed by atoms with Gasteiger partial charge in [0.2, 0.25) is 5.90 Å². The van der Waals surface area contributed by atoms with Crippen LogP contribution in [0.2, 0.25) is 0 Å². The largest absolute Gasteiger partial charge is 0.465 e. The summed E-state index contributed by atoms with van der Waals surface area (Å²) in [6.45, 7) is 4.16. The lowest BCUT2D eigenvalue weighted by atomic mass is 10.2. The number of furan rings is 1. The Kier molecular flexibility index (Phi) is 3.28. The van der Waals surface area contributed by atoms with Gasteiger partial charge in [-0.05, 0) is 37.1 Å². The minimum absolute atomic E-state index is 0.263. The van der Waals surface area contributed by atoms with Gasteiger partial charge in [-0.15, -0.1) is 11.3 Å². The third kappa shape index (κ3) is 2.32. The van der Waals surface area contributed by atoms with Gasteiger partial charge < -0.3 is 9.15 Å². The number of hydrogen-bond acceptors (Lipinski definition) is 5. The summed E-state index contributed by atoms with van der Waals surface area (Å²) in [6.07, 6.45) is 4.09. The van der Waals surface area contributed by atoms with Gasteiger partial charge in [0.15, 0.2) is 5.70 Å². The predicted octanol–water partition coefficient (Wildman–Crippen LogP) is 3.56. The van der Waals surface area contributed by atoms with Gasteiger partial charge in [-0.3, -0.25) is 0 Å². The van der Waals surface area contributed by atoms with Crippen LogP contribution in [0.25, 0.3) is 6.08 Å². The van der Waals surface area contributed by atoms with Crippen LogP contribution >= 0.6 is 11.3 Å². The molecule has 0 N–H and O–H groups in total. The highest BCUT2D eigenvalue weighted by Gasteiger charge is 2.26. The van der Waals surface area contributed by atoms with E-state index in [4.69, 9.17) is 9.15 Å². The van der Waals surface area contributed by atoms with E-state index in [1.807, 2.05) is 6.07 Å². The van der Waals surface area contributed by atoms with Crippen molar-refractivity contribution in [3.63, 3.8) is 0 Å². The lowest BCUT2D eigenvalue weighted by Gasteiger charge is -1.93. The third-order valence-corrected chi connectivity index (χ3v) is 4.36. The summed E-state index contributed by atoms with van der Waals surface area (Å²) in [7, 11) is 0. The topological polar surface area (TPSA) is 51.8 Å². The Morgan fingerprint density at radius 2 is 2.30 bits per heavy atom. The molecule has 5 heteroatoms. The van der Waals surface area contributed by atoms with Crippen molar-refractivity contribution in [3.05, 3.63) is 51.2 Å². The van der Waals surface area contributed by atoms with Crippen LogP contribution < -0.4 is 0 Å².